The monoisotopic (exact) mass is 334 g/mol. The summed E-state index contributed by atoms with van der Waals surface area (Å²) in [4.78, 5) is 23.4. The summed E-state index contributed by atoms with van der Waals surface area (Å²) < 4.78 is 4.98. The predicted octanol–water partition coefficient (Wildman–Crippen LogP) is 4.47. The molecule has 0 saturated carbocycles. The zero-order valence-electron chi connectivity index (χ0n) is 11.0. The van der Waals surface area contributed by atoms with E-state index in [2.05, 4.69) is 0 Å². The fraction of sp³-hybridized carbons (Fsp3) is 0. The van der Waals surface area contributed by atoms with E-state index in [9.17, 15) is 14.7 Å². The first-order valence-electron chi connectivity index (χ1n) is 6.23. The molecular weight excluding hydrogens is 327 g/mol. The summed E-state index contributed by atoms with van der Waals surface area (Å²) in [6.45, 7) is 0. The molecule has 0 amide bonds. The number of carbonyl (C=O) groups is 1. The molecule has 2 aromatic carbocycles. The summed E-state index contributed by atoms with van der Waals surface area (Å²) >= 11 is 11.9. The fourth-order valence-corrected chi connectivity index (χ4v) is 2.59. The first kappa shape index (κ1) is 14.6. The fourth-order valence-electron chi connectivity index (χ4n) is 2.29. The number of fused-ring (bicyclic) bond motifs is 1. The van der Waals surface area contributed by atoms with Gasteiger partial charge in [0.15, 0.2) is 0 Å². The first-order chi connectivity index (χ1) is 10.5. The van der Waals surface area contributed by atoms with Crippen molar-refractivity contribution in [1.29, 1.82) is 0 Å². The average Bonchev–Trinajstić information content (AvgIpc) is 2.50. The maximum Gasteiger partial charge on any atom is 0.372 e. The maximum atomic E-state index is 11.9. The number of rotatable bonds is 2. The number of hydrogen-bond acceptors (Lipinski definition) is 3. The quantitative estimate of drug-likeness (QED) is 0.750. The Balaban J connectivity index is 2.47. The molecule has 1 aromatic heterocycles. The molecule has 110 valence electrons. The van der Waals surface area contributed by atoms with Gasteiger partial charge in [-0.15, -0.1) is 0 Å². The number of hydrogen-bond donors (Lipinski definition) is 1. The van der Waals surface area contributed by atoms with Crippen molar-refractivity contribution >= 4 is 39.9 Å². The van der Waals surface area contributed by atoms with E-state index < -0.39 is 17.4 Å². The van der Waals surface area contributed by atoms with E-state index in [1.54, 1.807) is 36.4 Å². The van der Waals surface area contributed by atoms with Crippen molar-refractivity contribution in [3.63, 3.8) is 0 Å². The molecule has 6 heteroatoms. The Labute approximate surface area is 134 Å². The van der Waals surface area contributed by atoms with Gasteiger partial charge in [-0.25, -0.2) is 9.59 Å². The smallest absolute Gasteiger partial charge is 0.372 e. The second-order valence-electron chi connectivity index (χ2n) is 4.57. The summed E-state index contributed by atoms with van der Waals surface area (Å²) in [5.41, 5.74) is 0.102. The Kier molecular flexibility index (Phi) is 3.64. The molecular formula is C16H8Cl2O4. The van der Waals surface area contributed by atoms with Crippen LogP contribution >= 0.6 is 23.2 Å². The summed E-state index contributed by atoms with van der Waals surface area (Å²) in [7, 11) is 0. The normalized spacial score (nSPS) is 10.8. The van der Waals surface area contributed by atoms with E-state index in [4.69, 9.17) is 27.6 Å². The topological polar surface area (TPSA) is 67.5 Å². The molecule has 4 nitrogen and oxygen atoms in total. The third-order valence-corrected chi connectivity index (χ3v) is 3.98. The molecule has 0 spiro atoms. The maximum absolute atomic E-state index is 11.9. The molecule has 0 aliphatic rings. The average molecular weight is 335 g/mol. The van der Waals surface area contributed by atoms with Crippen molar-refractivity contribution in [2.75, 3.05) is 0 Å². The summed E-state index contributed by atoms with van der Waals surface area (Å²) in [6, 6.07) is 11.4. The number of halogens is 2. The van der Waals surface area contributed by atoms with Crippen LogP contribution < -0.4 is 5.63 Å². The molecule has 0 fully saturated rings. The van der Waals surface area contributed by atoms with E-state index in [0.29, 0.717) is 26.9 Å². The lowest BCUT2D eigenvalue weighted by molar-refractivity contribution is 0.0659. The van der Waals surface area contributed by atoms with Gasteiger partial charge in [-0.1, -0.05) is 47.5 Å². The summed E-state index contributed by atoms with van der Waals surface area (Å²) in [6.07, 6.45) is 0. The zero-order chi connectivity index (χ0) is 15.9. The molecule has 0 bridgehead atoms. The van der Waals surface area contributed by atoms with Crippen LogP contribution in [0.1, 0.15) is 10.6 Å². The largest absolute Gasteiger partial charge is 0.475 e. The minimum absolute atomic E-state index is 0.283. The minimum Gasteiger partial charge on any atom is -0.475 e. The van der Waals surface area contributed by atoms with Crippen LogP contribution in [0, 0.1) is 0 Å². The molecule has 0 aliphatic carbocycles. The minimum atomic E-state index is -1.33. The van der Waals surface area contributed by atoms with Crippen molar-refractivity contribution in [3.8, 4) is 11.1 Å². The van der Waals surface area contributed by atoms with Crippen LogP contribution in [0.5, 0.6) is 0 Å². The lowest BCUT2D eigenvalue weighted by Crippen LogP contribution is -2.09. The van der Waals surface area contributed by atoms with Gasteiger partial charge in [0.2, 0.25) is 5.76 Å². The van der Waals surface area contributed by atoms with Crippen molar-refractivity contribution < 1.29 is 14.3 Å². The highest BCUT2D eigenvalue weighted by molar-refractivity contribution is 6.42. The SMILES string of the molecule is O=C(O)c1oc(=O)c2ccccc2c1-c1ccc(Cl)c(Cl)c1. The zero-order valence-corrected chi connectivity index (χ0v) is 12.5. The van der Waals surface area contributed by atoms with Gasteiger partial charge in [0.05, 0.1) is 15.4 Å². The van der Waals surface area contributed by atoms with E-state index in [1.165, 1.54) is 6.07 Å². The molecule has 22 heavy (non-hydrogen) atoms. The molecule has 0 atom stereocenters. The Morgan fingerprint density at radius 3 is 2.32 bits per heavy atom. The van der Waals surface area contributed by atoms with Crippen LogP contribution in [0.25, 0.3) is 21.9 Å². The van der Waals surface area contributed by atoms with Gasteiger partial charge in [-0.05, 0) is 23.8 Å². The number of carboxylic acids is 1. The van der Waals surface area contributed by atoms with E-state index in [0.717, 1.165) is 0 Å². The van der Waals surface area contributed by atoms with E-state index in [1.807, 2.05) is 0 Å². The molecule has 3 aromatic rings. The van der Waals surface area contributed by atoms with Gasteiger partial charge in [0, 0.05) is 10.9 Å². The molecule has 0 saturated heterocycles. The van der Waals surface area contributed by atoms with Gasteiger partial charge in [0.25, 0.3) is 0 Å². The van der Waals surface area contributed by atoms with Crippen LogP contribution in [0.15, 0.2) is 51.7 Å². The second-order valence-corrected chi connectivity index (χ2v) is 5.39. The highest BCUT2D eigenvalue weighted by atomic mass is 35.5. The third-order valence-electron chi connectivity index (χ3n) is 3.24. The number of benzene rings is 2. The second kappa shape index (κ2) is 5.48. The predicted molar refractivity (Wildman–Crippen MR) is 84.9 cm³/mol. The van der Waals surface area contributed by atoms with E-state index >= 15 is 0 Å². The standard InChI is InChI=1S/C16H8Cl2O4/c17-11-6-5-8(7-12(11)18)13-9-3-1-2-4-10(9)16(21)22-14(13)15(19)20/h1-7H,(H,19,20). The van der Waals surface area contributed by atoms with Gasteiger partial charge in [-0.2, -0.15) is 0 Å². The highest BCUT2D eigenvalue weighted by Crippen LogP contribution is 2.34. The Morgan fingerprint density at radius 2 is 1.68 bits per heavy atom. The van der Waals surface area contributed by atoms with Gasteiger partial charge >= 0.3 is 11.6 Å². The molecule has 0 radical (unpaired) electrons. The Bertz CT molecular complexity index is 960. The van der Waals surface area contributed by atoms with Crippen LogP contribution in [0.2, 0.25) is 10.0 Å². The number of carboxylic acid groups (broad SMARTS) is 1. The van der Waals surface area contributed by atoms with Crippen LogP contribution in [0.4, 0.5) is 0 Å². The van der Waals surface area contributed by atoms with Crippen molar-refractivity contribution in [2.45, 2.75) is 0 Å². The first-order valence-corrected chi connectivity index (χ1v) is 6.99. The lowest BCUT2D eigenvalue weighted by Gasteiger charge is -2.10. The molecule has 0 unspecified atom stereocenters. The van der Waals surface area contributed by atoms with Crippen molar-refractivity contribution in [3.05, 3.63) is 68.7 Å². The molecule has 1 N–H and O–H groups in total. The molecule has 0 aliphatic heterocycles. The Hall–Kier alpha value is -2.30. The summed E-state index contributed by atoms with van der Waals surface area (Å²) in [5, 5.41) is 10.8. The molecule has 1 heterocycles. The van der Waals surface area contributed by atoms with Crippen molar-refractivity contribution in [2.24, 2.45) is 0 Å². The van der Waals surface area contributed by atoms with Gasteiger partial charge in [0.1, 0.15) is 0 Å². The van der Waals surface area contributed by atoms with E-state index in [-0.39, 0.29) is 5.02 Å². The van der Waals surface area contributed by atoms with Gasteiger partial charge in [-0.3, -0.25) is 0 Å². The van der Waals surface area contributed by atoms with Crippen LogP contribution in [0.3, 0.4) is 0 Å². The number of aromatic carboxylic acids is 1. The van der Waals surface area contributed by atoms with Gasteiger partial charge < -0.3 is 9.52 Å². The lowest BCUT2D eigenvalue weighted by atomic mass is 9.98. The summed E-state index contributed by atoms with van der Waals surface area (Å²) in [5.74, 6) is -1.76. The van der Waals surface area contributed by atoms with Crippen LogP contribution in [-0.4, -0.2) is 11.1 Å². The van der Waals surface area contributed by atoms with Crippen molar-refractivity contribution in [1.82, 2.24) is 0 Å². The van der Waals surface area contributed by atoms with Crippen LogP contribution in [-0.2, 0) is 0 Å². The Morgan fingerprint density at radius 1 is 1.00 bits per heavy atom. The highest BCUT2D eigenvalue weighted by Gasteiger charge is 2.21. The molecule has 3 rings (SSSR count). The third kappa shape index (κ3) is 2.36.